The molecule has 0 unspecified atom stereocenters. The zero-order valence-electron chi connectivity index (χ0n) is 11.8. The molecule has 0 fully saturated rings. The van der Waals surface area contributed by atoms with Crippen molar-refractivity contribution < 1.29 is 9.53 Å². The number of carbonyl (C=O) groups excluding carboxylic acids is 1. The second-order valence-electron chi connectivity index (χ2n) is 4.47. The van der Waals surface area contributed by atoms with Crippen molar-refractivity contribution in [1.29, 1.82) is 0 Å². The number of anilines is 2. The largest absolute Gasteiger partial charge is 0.465 e. The van der Waals surface area contributed by atoms with Gasteiger partial charge in [0.15, 0.2) is 5.13 Å². The number of pyridine rings is 1. The minimum atomic E-state index is -0.361. The highest BCUT2D eigenvalue weighted by atomic mass is 32.1. The maximum absolute atomic E-state index is 11.5. The number of benzene rings is 1. The number of methoxy groups -OCH3 is 1. The van der Waals surface area contributed by atoms with Crippen LogP contribution in [0, 0.1) is 0 Å². The van der Waals surface area contributed by atoms with Gasteiger partial charge in [0, 0.05) is 29.0 Å². The first-order valence-electron chi connectivity index (χ1n) is 6.57. The highest BCUT2D eigenvalue weighted by molar-refractivity contribution is 7.14. The molecule has 2 heterocycles. The van der Waals surface area contributed by atoms with Crippen molar-refractivity contribution >= 4 is 28.1 Å². The van der Waals surface area contributed by atoms with E-state index in [9.17, 15) is 4.79 Å². The van der Waals surface area contributed by atoms with Crippen molar-refractivity contribution in [3.8, 4) is 11.3 Å². The topological polar surface area (TPSA) is 64.1 Å². The number of esters is 1. The molecule has 2 aromatic heterocycles. The first kappa shape index (κ1) is 14.2. The van der Waals surface area contributed by atoms with Crippen LogP contribution in [0.1, 0.15) is 10.4 Å². The van der Waals surface area contributed by atoms with Crippen molar-refractivity contribution in [2.45, 2.75) is 0 Å². The van der Waals surface area contributed by atoms with E-state index in [1.165, 1.54) is 18.4 Å². The number of aromatic nitrogens is 2. The number of ether oxygens (including phenoxy) is 1. The Labute approximate surface area is 131 Å². The molecule has 0 saturated carbocycles. The van der Waals surface area contributed by atoms with Crippen molar-refractivity contribution in [3.63, 3.8) is 0 Å². The van der Waals surface area contributed by atoms with E-state index in [0.29, 0.717) is 5.56 Å². The third-order valence-electron chi connectivity index (χ3n) is 3.02. The van der Waals surface area contributed by atoms with E-state index in [1.807, 2.05) is 23.6 Å². The second-order valence-corrected chi connectivity index (χ2v) is 5.33. The van der Waals surface area contributed by atoms with Gasteiger partial charge in [-0.15, -0.1) is 11.3 Å². The highest BCUT2D eigenvalue weighted by Gasteiger charge is 2.08. The Balaban J connectivity index is 1.80. The average Bonchev–Trinajstić information content (AvgIpc) is 3.03. The normalized spacial score (nSPS) is 10.2. The van der Waals surface area contributed by atoms with Gasteiger partial charge in [-0.25, -0.2) is 9.78 Å². The molecule has 6 heteroatoms. The van der Waals surface area contributed by atoms with Crippen molar-refractivity contribution in [2.75, 3.05) is 12.4 Å². The average molecular weight is 311 g/mol. The Hall–Kier alpha value is -2.73. The minimum absolute atomic E-state index is 0.361. The summed E-state index contributed by atoms with van der Waals surface area (Å²) in [5.74, 6) is -0.361. The Morgan fingerprint density at radius 2 is 2.05 bits per heavy atom. The fraction of sp³-hybridized carbons (Fsp3) is 0.0625. The standard InChI is InChI=1S/C16H13N3O2S/c1-21-15(20)12-3-2-4-13(9-12)18-16-19-14(10-22-16)11-5-7-17-8-6-11/h2-10H,1H3,(H,18,19). The van der Waals surface area contributed by atoms with Crippen molar-refractivity contribution in [3.05, 3.63) is 59.7 Å². The van der Waals surface area contributed by atoms with Crippen molar-refractivity contribution in [2.24, 2.45) is 0 Å². The van der Waals surface area contributed by atoms with E-state index in [4.69, 9.17) is 4.74 Å². The van der Waals surface area contributed by atoms with E-state index in [2.05, 4.69) is 15.3 Å². The predicted molar refractivity (Wildman–Crippen MR) is 86.4 cm³/mol. The van der Waals surface area contributed by atoms with Crippen LogP contribution in [0.2, 0.25) is 0 Å². The first-order valence-corrected chi connectivity index (χ1v) is 7.45. The van der Waals surface area contributed by atoms with Gasteiger partial charge in [-0.2, -0.15) is 0 Å². The summed E-state index contributed by atoms with van der Waals surface area (Å²) in [6.45, 7) is 0. The van der Waals surface area contributed by atoms with Gasteiger partial charge in [-0.1, -0.05) is 6.07 Å². The third kappa shape index (κ3) is 3.12. The van der Waals surface area contributed by atoms with Crippen LogP contribution in [-0.4, -0.2) is 23.0 Å². The zero-order chi connectivity index (χ0) is 15.4. The molecule has 0 aliphatic carbocycles. The molecule has 0 atom stereocenters. The molecule has 0 amide bonds. The number of thiazole rings is 1. The van der Waals surface area contributed by atoms with Crippen molar-refractivity contribution in [1.82, 2.24) is 9.97 Å². The summed E-state index contributed by atoms with van der Waals surface area (Å²) < 4.78 is 4.72. The maximum atomic E-state index is 11.5. The molecule has 0 saturated heterocycles. The predicted octanol–water partition coefficient (Wildman–Crippen LogP) is 3.74. The summed E-state index contributed by atoms with van der Waals surface area (Å²) in [5, 5.41) is 5.93. The molecule has 0 bridgehead atoms. The summed E-state index contributed by atoms with van der Waals surface area (Å²) in [6.07, 6.45) is 3.48. The van der Waals surface area contributed by atoms with Crippen LogP contribution in [0.3, 0.4) is 0 Å². The van der Waals surface area contributed by atoms with Gasteiger partial charge in [0.25, 0.3) is 0 Å². The SMILES string of the molecule is COC(=O)c1cccc(Nc2nc(-c3ccncc3)cs2)c1. The molecule has 0 spiro atoms. The summed E-state index contributed by atoms with van der Waals surface area (Å²) in [4.78, 5) is 20.1. The van der Waals surface area contributed by atoms with E-state index in [1.54, 1.807) is 30.6 Å². The number of hydrogen-bond acceptors (Lipinski definition) is 6. The molecule has 0 radical (unpaired) electrons. The molecule has 1 N–H and O–H groups in total. The quantitative estimate of drug-likeness (QED) is 0.744. The number of hydrogen-bond donors (Lipinski definition) is 1. The lowest BCUT2D eigenvalue weighted by atomic mass is 10.2. The van der Waals surface area contributed by atoms with Crippen LogP contribution < -0.4 is 5.32 Å². The minimum Gasteiger partial charge on any atom is -0.465 e. The fourth-order valence-corrected chi connectivity index (χ4v) is 2.69. The fourth-order valence-electron chi connectivity index (χ4n) is 1.95. The van der Waals surface area contributed by atoms with E-state index in [-0.39, 0.29) is 5.97 Å². The van der Waals surface area contributed by atoms with Gasteiger partial charge >= 0.3 is 5.97 Å². The van der Waals surface area contributed by atoms with E-state index >= 15 is 0 Å². The molecule has 3 aromatic rings. The van der Waals surface area contributed by atoms with Crippen LogP contribution in [-0.2, 0) is 4.74 Å². The van der Waals surface area contributed by atoms with Crippen LogP contribution in [0.5, 0.6) is 0 Å². The van der Waals surface area contributed by atoms with Crippen LogP contribution >= 0.6 is 11.3 Å². The van der Waals surface area contributed by atoms with E-state index in [0.717, 1.165) is 22.1 Å². The smallest absolute Gasteiger partial charge is 0.337 e. The Morgan fingerprint density at radius 1 is 1.23 bits per heavy atom. The Bertz CT molecular complexity index is 787. The molecule has 1 aromatic carbocycles. The zero-order valence-corrected chi connectivity index (χ0v) is 12.6. The Kier molecular flexibility index (Phi) is 4.11. The van der Waals surface area contributed by atoms with Gasteiger partial charge in [0.05, 0.1) is 18.4 Å². The summed E-state index contributed by atoms with van der Waals surface area (Å²) in [5.41, 5.74) is 3.19. The molecule has 110 valence electrons. The lowest BCUT2D eigenvalue weighted by Gasteiger charge is -2.04. The van der Waals surface area contributed by atoms with Gasteiger partial charge in [-0.3, -0.25) is 4.98 Å². The second kappa shape index (κ2) is 6.36. The molecular weight excluding hydrogens is 298 g/mol. The lowest BCUT2D eigenvalue weighted by molar-refractivity contribution is 0.0601. The highest BCUT2D eigenvalue weighted by Crippen LogP contribution is 2.27. The number of rotatable bonds is 4. The maximum Gasteiger partial charge on any atom is 0.337 e. The van der Waals surface area contributed by atoms with Gasteiger partial charge in [0.2, 0.25) is 0 Å². The van der Waals surface area contributed by atoms with Crippen LogP contribution in [0.15, 0.2) is 54.2 Å². The van der Waals surface area contributed by atoms with E-state index < -0.39 is 0 Å². The summed E-state index contributed by atoms with van der Waals surface area (Å²) in [6, 6.07) is 10.9. The molecular formula is C16H13N3O2S. The lowest BCUT2D eigenvalue weighted by Crippen LogP contribution is -2.01. The number of carbonyl (C=O) groups is 1. The molecule has 3 rings (SSSR count). The summed E-state index contributed by atoms with van der Waals surface area (Å²) >= 11 is 1.50. The van der Waals surface area contributed by atoms with Gasteiger partial charge in [-0.05, 0) is 30.3 Å². The molecule has 22 heavy (non-hydrogen) atoms. The number of nitrogens with one attached hydrogen (secondary N) is 1. The Morgan fingerprint density at radius 3 is 2.82 bits per heavy atom. The van der Waals surface area contributed by atoms with Crippen LogP contribution in [0.4, 0.5) is 10.8 Å². The molecule has 0 aliphatic heterocycles. The molecule has 0 aliphatic rings. The summed E-state index contributed by atoms with van der Waals surface area (Å²) in [7, 11) is 1.37. The monoisotopic (exact) mass is 311 g/mol. The van der Waals surface area contributed by atoms with Gasteiger partial charge < -0.3 is 10.1 Å². The third-order valence-corrected chi connectivity index (χ3v) is 3.77. The van der Waals surface area contributed by atoms with Crippen LogP contribution in [0.25, 0.3) is 11.3 Å². The van der Waals surface area contributed by atoms with Gasteiger partial charge in [0.1, 0.15) is 0 Å². The molecule has 5 nitrogen and oxygen atoms in total. The first-order chi connectivity index (χ1) is 10.8. The number of nitrogens with zero attached hydrogens (tertiary/aromatic N) is 2.